The third kappa shape index (κ3) is 6.38. The van der Waals surface area contributed by atoms with Gasteiger partial charge in [0, 0.05) is 12.1 Å². The summed E-state index contributed by atoms with van der Waals surface area (Å²) in [5.74, 6) is -3.17. The summed E-state index contributed by atoms with van der Waals surface area (Å²) in [7, 11) is 0.964. The fourth-order valence-electron chi connectivity index (χ4n) is 2.56. The van der Waals surface area contributed by atoms with Gasteiger partial charge in [-0.3, -0.25) is 14.2 Å². The Kier molecular flexibility index (Phi) is 7.78. The Bertz CT molecular complexity index is 1260. The number of nitrogens with zero attached hydrogens (tertiary/aromatic N) is 3. The monoisotopic (exact) mass is 506 g/mol. The van der Waals surface area contributed by atoms with Gasteiger partial charge in [-0.1, -0.05) is 18.2 Å². The molecule has 0 aliphatic carbocycles. The highest BCUT2D eigenvalue weighted by molar-refractivity contribution is 6.30. The Morgan fingerprint density at radius 1 is 1.29 bits per heavy atom. The third-order valence-corrected chi connectivity index (χ3v) is 4.20. The molecule has 0 atom stereocenters. The van der Waals surface area contributed by atoms with Crippen molar-refractivity contribution in [3.8, 4) is 17.6 Å². The molecule has 1 N–H and O–H groups in total. The predicted octanol–water partition coefficient (Wildman–Crippen LogP) is 4.37. The molecule has 7 nitrogen and oxygen atoms in total. The van der Waals surface area contributed by atoms with E-state index in [4.69, 9.17) is 21.6 Å². The van der Waals surface area contributed by atoms with Crippen molar-refractivity contribution in [1.82, 2.24) is 14.9 Å². The molecule has 1 aromatic carbocycles. The van der Waals surface area contributed by atoms with Crippen LogP contribution in [0.25, 0.3) is 0 Å². The molecule has 1 heterocycles. The molecule has 1 amide bonds. The summed E-state index contributed by atoms with van der Waals surface area (Å²) in [6.07, 6.45) is -9.40. The molecule has 180 valence electrons. The molecule has 34 heavy (non-hydrogen) atoms. The Hall–Kier alpha value is -3.79. The SMILES string of the molecule is C=C(/C=C(\C(=O)NC)C(F)(F)F)Cn1cnc(C(F)(F)F)c(Oc2cc(Cl)cc(C#N)c2)c1=O. The van der Waals surface area contributed by atoms with Crippen molar-refractivity contribution in [2.24, 2.45) is 0 Å². The second-order valence-electron chi connectivity index (χ2n) is 6.54. The summed E-state index contributed by atoms with van der Waals surface area (Å²) < 4.78 is 85.1. The molecule has 0 aliphatic rings. The lowest BCUT2D eigenvalue weighted by Gasteiger charge is -2.15. The van der Waals surface area contributed by atoms with Crippen LogP contribution in [0.1, 0.15) is 11.3 Å². The number of benzene rings is 1. The lowest BCUT2D eigenvalue weighted by Crippen LogP contribution is -2.30. The topological polar surface area (TPSA) is 97.0 Å². The first-order chi connectivity index (χ1) is 15.7. The zero-order valence-corrected chi connectivity index (χ0v) is 17.8. The van der Waals surface area contributed by atoms with Gasteiger partial charge in [-0.25, -0.2) is 4.98 Å². The second kappa shape index (κ2) is 10.0. The highest BCUT2D eigenvalue weighted by Crippen LogP contribution is 2.35. The first-order valence-corrected chi connectivity index (χ1v) is 9.29. The molecule has 0 fully saturated rings. The highest BCUT2D eigenvalue weighted by Gasteiger charge is 2.39. The number of nitriles is 1. The van der Waals surface area contributed by atoms with Crippen LogP contribution in [0.5, 0.6) is 11.5 Å². The maximum atomic E-state index is 13.4. The fourth-order valence-corrected chi connectivity index (χ4v) is 2.79. The molecule has 0 spiro atoms. The molecule has 14 heteroatoms. The van der Waals surface area contributed by atoms with Gasteiger partial charge in [-0.2, -0.15) is 31.6 Å². The van der Waals surface area contributed by atoms with E-state index in [-0.39, 0.29) is 16.3 Å². The second-order valence-corrected chi connectivity index (χ2v) is 6.97. The van der Waals surface area contributed by atoms with Crippen LogP contribution in [0.2, 0.25) is 5.02 Å². The zero-order valence-electron chi connectivity index (χ0n) is 17.0. The van der Waals surface area contributed by atoms with Gasteiger partial charge < -0.3 is 10.1 Å². The van der Waals surface area contributed by atoms with E-state index in [2.05, 4.69) is 11.6 Å². The van der Waals surface area contributed by atoms with Gasteiger partial charge in [0.05, 0.1) is 24.5 Å². The maximum Gasteiger partial charge on any atom is 0.437 e. The van der Waals surface area contributed by atoms with Crippen LogP contribution >= 0.6 is 11.6 Å². The smallest absolute Gasteiger partial charge is 0.437 e. The van der Waals surface area contributed by atoms with E-state index in [1.54, 1.807) is 11.4 Å². The highest BCUT2D eigenvalue weighted by atomic mass is 35.5. The van der Waals surface area contributed by atoms with Crippen LogP contribution < -0.4 is 15.6 Å². The van der Waals surface area contributed by atoms with Gasteiger partial charge in [-0.05, 0) is 29.8 Å². The molecular weight excluding hydrogens is 494 g/mol. The number of carbonyl (C=O) groups excluding carboxylic acids is 1. The quantitative estimate of drug-likeness (QED) is 0.356. The summed E-state index contributed by atoms with van der Waals surface area (Å²) in [5.41, 5.74) is -5.28. The van der Waals surface area contributed by atoms with Gasteiger partial charge in [0.1, 0.15) is 11.3 Å². The van der Waals surface area contributed by atoms with Gasteiger partial charge in [0.2, 0.25) is 5.75 Å². The lowest BCUT2D eigenvalue weighted by atomic mass is 10.1. The van der Waals surface area contributed by atoms with E-state index in [0.29, 0.717) is 17.0 Å². The Labute approximate surface area is 192 Å². The number of aromatic nitrogens is 2. The van der Waals surface area contributed by atoms with Crippen LogP contribution in [0.15, 0.2) is 53.1 Å². The number of allylic oxidation sites excluding steroid dienone is 2. The van der Waals surface area contributed by atoms with Crippen LogP contribution in [0, 0.1) is 11.3 Å². The number of hydrogen-bond acceptors (Lipinski definition) is 5. The number of alkyl halides is 6. The van der Waals surface area contributed by atoms with E-state index in [1.165, 1.54) is 6.07 Å². The molecule has 0 saturated heterocycles. The molecule has 0 saturated carbocycles. The minimum atomic E-state index is -5.14. The molecular formula is C20H13ClF6N4O3. The molecule has 1 aromatic heterocycles. The molecule has 2 aromatic rings. The van der Waals surface area contributed by atoms with E-state index in [0.717, 1.165) is 19.2 Å². The van der Waals surface area contributed by atoms with Crippen molar-refractivity contribution < 1.29 is 35.9 Å². The normalized spacial score (nSPS) is 12.1. The summed E-state index contributed by atoms with van der Waals surface area (Å²) in [6, 6.07) is 4.96. The lowest BCUT2D eigenvalue weighted by molar-refractivity contribution is -0.142. The average Bonchev–Trinajstić information content (AvgIpc) is 2.72. The molecule has 2 rings (SSSR count). The summed E-state index contributed by atoms with van der Waals surface area (Å²) in [4.78, 5) is 27.4. The van der Waals surface area contributed by atoms with E-state index in [9.17, 15) is 35.9 Å². The summed E-state index contributed by atoms with van der Waals surface area (Å²) in [6.45, 7) is 2.57. The zero-order chi connectivity index (χ0) is 25.8. The average molecular weight is 507 g/mol. The van der Waals surface area contributed by atoms with Gasteiger partial charge >= 0.3 is 12.4 Å². The first kappa shape index (κ1) is 26.5. The number of likely N-dealkylation sites (N-methyl/N-ethyl adjacent to an activating group) is 1. The van der Waals surface area contributed by atoms with Crippen molar-refractivity contribution in [2.75, 3.05) is 7.05 Å². The van der Waals surface area contributed by atoms with Crippen molar-refractivity contribution in [2.45, 2.75) is 18.9 Å². The summed E-state index contributed by atoms with van der Waals surface area (Å²) >= 11 is 5.79. The van der Waals surface area contributed by atoms with E-state index < -0.39 is 53.0 Å². The van der Waals surface area contributed by atoms with Gasteiger partial charge in [0.25, 0.3) is 11.5 Å². The van der Waals surface area contributed by atoms with E-state index in [1.807, 2.05) is 0 Å². The minimum Gasteiger partial charge on any atom is -0.449 e. The number of carbonyl (C=O) groups is 1. The van der Waals surface area contributed by atoms with Crippen molar-refractivity contribution in [3.63, 3.8) is 0 Å². The number of halogens is 7. The summed E-state index contributed by atoms with van der Waals surface area (Å²) in [5, 5.41) is 10.7. The molecule has 0 bridgehead atoms. The predicted molar refractivity (Wildman–Crippen MR) is 107 cm³/mol. The van der Waals surface area contributed by atoms with Crippen molar-refractivity contribution in [3.05, 3.63) is 75.0 Å². The Balaban J connectivity index is 2.55. The Morgan fingerprint density at radius 2 is 1.94 bits per heavy atom. The van der Waals surface area contributed by atoms with Crippen LogP contribution in [-0.4, -0.2) is 28.7 Å². The van der Waals surface area contributed by atoms with Crippen molar-refractivity contribution >= 4 is 17.5 Å². The van der Waals surface area contributed by atoms with E-state index >= 15 is 0 Å². The van der Waals surface area contributed by atoms with Crippen LogP contribution in [0.4, 0.5) is 26.3 Å². The maximum absolute atomic E-state index is 13.4. The third-order valence-electron chi connectivity index (χ3n) is 3.98. The Morgan fingerprint density at radius 3 is 2.47 bits per heavy atom. The molecule has 0 unspecified atom stereocenters. The first-order valence-electron chi connectivity index (χ1n) is 8.91. The van der Waals surface area contributed by atoms with Crippen LogP contribution in [0.3, 0.4) is 0 Å². The minimum absolute atomic E-state index is 0.0702. The number of nitrogens with one attached hydrogen (secondary N) is 1. The van der Waals surface area contributed by atoms with Crippen molar-refractivity contribution in [1.29, 1.82) is 5.26 Å². The number of ether oxygens (including phenoxy) is 1. The number of amides is 1. The standard InChI is InChI=1S/C20H13ClF6N4O3/c1-10(3-14(17(32)29-2)19(22,23)24)8-31-9-30-16(20(25,26)27)15(18(31)33)34-13-5-11(7-28)4-12(21)6-13/h3-6,9H,1,8H2,2H3,(H,29,32)/b14-3+. The van der Waals surface area contributed by atoms with Crippen LogP contribution in [-0.2, 0) is 17.5 Å². The van der Waals surface area contributed by atoms with Gasteiger partial charge in [-0.15, -0.1) is 0 Å². The fraction of sp³-hybridized carbons (Fsp3) is 0.200. The molecule has 0 aliphatic heterocycles. The number of hydrogen-bond donors (Lipinski definition) is 1. The largest absolute Gasteiger partial charge is 0.449 e. The molecule has 0 radical (unpaired) electrons. The number of rotatable bonds is 6. The van der Waals surface area contributed by atoms with Gasteiger partial charge in [0.15, 0.2) is 5.69 Å².